The van der Waals surface area contributed by atoms with Gasteiger partial charge in [0, 0.05) is 0 Å². The third-order valence-electron chi connectivity index (χ3n) is 4.78. The maximum absolute atomic E-state index is 6.50. The molecule has 1 saturated heterocycles. The molecular weight excluding hydrogens is 266 g/mol. The molecule has 120 valence electrons. The molecule has 1 aliphatic heterocycles. The minimum absolute atomic E-state index is 0.438. The van der Waals surface area contributed by atoms with E-state index >= 15 is 0 Å². The maximum atomic E-state index is 6.50. The Hall–Kier alpha value is 0.0969. The van der Waals surface area contributed by atoms with Gasteiger partial charge in [0.25, 0.3) is 0 Å². The van der Waals surface area contributed by atoms with Crippen LogP contribution in [0, 0.1) is 0 Å². The molecule has 1 N–H and O–H groups in total. The van der Waals surface area contributed by atoms with Crippen LogP contribution in [0.2, 0.25) is 16.6 Å². The lowest BCUT2D eigenvalue weighted by Gasteiger charge is -2.42. The molecule has 0 aromatic heterocycles. The fourth-order valence-corrected chi connectivity index (χ4v) is 9.33. The van der Waals surface area contributed by atoms with Crippen molar-refractivity contribution in [3.05, 3.63) is 0 Å². The molecule has 0 atom stereocenters. The van der Waals surface area contributed by atoms with Crippen LogP contribution in [0.4, 0.5) is 0 Å². The summed E-state index contributed by atoms with van der Waals surface area (Å²) in [6.07, 6.45) is 2.72. The van der Waals surface area contributed by atoms with Gasteiger partial charge >= 0.3 is 0 Å². The van der Waals surface area contributed by atoms with Crippen molar-refractivity contribution in [3.8, 4) is 0 Å². The van der Waals surface area contributed by atoms with Crippen LogP contribution in [-0.2, 0) is 9.16 Å². The van der Waals surface area contributed by atoms with Crippen LogP contribution in [0.25, 0.3) is 0 Å². The van der Waals surface area contributed by atoms with E-state index in [9.17, 15) is 0 Å². The van der Waals surface area contributed by atoms with Gasteiger partial charge in [-0.1, -0.05) is 41.5 Å². The minimum Gasteiger partial charge on any atom is -0.414 e. The first-order valence-corrected chi connectivity index (χ1v) is 10.5. The molecule has 4 heteroatoms. The van der Waals surface area contributed by atoms with Gasteiger partial charge in [-0.2, -0.15) is 0 Å². The highest BCUT2D eigenvalue weighted by atomic mass is 28.4. The second-order valence-electron chi connectivity index (χ2n) is 6.99. The zero-order chi connectivity index (χ0) is 15.2. The summed E-state index contributed by atoms with van der Waals surface area (Å²) < 4.78 is 12.5. The van der Waals surface area contributed by atoms with Gasteiger partial charge in [-0.25, -0.2) is 0 Å². The molecule has 1 aliphatic rings. The fourth-order valence-electron chi connectivity index (χ4n) is 3.90. The van der Waals surface area contributed by atoms with Gasteiger partial charge in [0.2, 0.25) is 0 Å². The standard InChI is InChI=1S/C16H35NO2Si/c1-13(2)20(14(3)4,15(5)6)19-12-11-18-16-7-9-17-10-8-16/h13-17H,7-12H2,1-6H3. The number of hydrogen-bond acceptors (Lipinski definition) is 3. The van der Waals surface area contributed by atoms with Gasteiger partial charge < -0.3 is 14.5 Å². The van der Waals surface area contributed by atoms with Crippen molar-refractivity contribution >= 4 is 8.32 Å². The smallest absolute Gasteiger partial charge is 0.200 e. The van der Waals surface area contributed by atoms with Crippen molar-refractivity contribution in [1.82, 2.24) is 5.32 Å². The Labute approximate surface area is 126 Å². The molecule has 0 unspecified atom stereocenters. The highest BCUT2D eigenvalue weighted by Gasteiger charge is 2.44. The Morgan fingerprint density at radius 2 is 1.40 bits per heavy atom. The molecule has 0 aromatic carbocycles. The lowest BCUT2D eigenvalue weighted by Crippen LogP contribution is -2.48. The molecule has 1 rings (SSSR count). The first-order valence-electron chi connectivity index (χ1n) is 8.37. The summed E-state index contributed by atoms with van der Waals surface area (Å²) in [5.74, 6) is 0. The average Bonchev–Trinajstić information content (AvgIpc) is 2.38. The van der Waals surface area contributed by atoms with Crippen LogP contribution >= 0.6 is 0 Å². The number of hydrogen-bond donors (Lipinski definition) is 1. The van der Waals surface area contributed by atoms with E-state index in [1.807, 2.05) is 0 Å². The maximum Gasteiger partial charge on any atom is 0.200 e. The van der Waals surface area contributed by atoms with E-state index in [2.05, 4.69) is 46.9 Å². The monoisotopic (exact) mass is 301 g/mol. The number of piperidine rings is 1. The van der Waals surface area contributed by atoms with Crippen LogP contribution in [0.15, 0.2) is 0 Å². The summed E-state index contributed by atoms with van der Waals surface area (Å²) in [4.78, 5) is 0. The summed E-state index contributed by atoms with van der Waals surface area (Å²) in [5.41, 5.74) is 1.96. The third kappa shape index (κ3) is 4.55. The summed E-state index contributed by atoms with van der Waals surface area (Å²) in [7, 11) is -1.71. The lowest BCUT2D eigenvalue weighted by atomic mass is 10.1. The Morgan fingerprint density at radius 1 is 0.900 bits per heavy atom. The van der Waals surface area contributed by atoms with Crippen LogP contribution in [0.1, 0.15) is 54.4 Å². The second kappa shape index (κ2) is 8.52. The molecule has 0 spiro atoms. The van der Waals surface area contributed by atoms with Gasteiger partial charge in [-0.05, 0) is 42.6 Å². The van der Waals surface area contributed by atoms with Gasteiger partial charge in [0.1, 0.15) is 0 Å². The summed E-state index contributed by atoms with van der Waals surface area (Å²) in [5, 5.41) is 3.37. The molecule has 0 radical (unpaired) electrons. The van der Waals surface area contributed by atoms with Crippen molar-refractivity contribution in [1.29, 1.82) is 0 Å². The first-order chi connectivity index (χ1) is 9.41. The highest BCUT2D eigenvalue weighted by Crippen LogP contribution is 2.42. The van der Waals surface area contributed by atoms with E-state index in [0.717, 1.165) is 39.1 Å². The van der Waals surface area contributed by atoms with Crippen molar-refractivity contribution < 1.29 is 9.16 Å². The molecule has 0 bridgehead atoms. The normalized spacial score (nSPS) is 18.4. The molecule has 1 heterocycles. The van der Waals surface area contributed by atoms with Crippen molar-refractivity contribution in [3.63, 3.8) is 0 Å². The van der Waals surface area contributed by atoms with Crippen LogP contribution < -0.4 is 5.32 Å². The van der Waals surface area contributed by atoms with E-state index in [-0.39, 0.29) is 0 Å². The Balaban J connectivity index is 2.42. The molecule has 0 aliphatic carbocycles. The Morgan fingerprint density at radius 3 is 1.85 bits per heavy atom. The zero-order valence-electron chi connectivity index (χ0n) is 14.4. The van der Waals surface area contributed by atoms with Crippen molar-refractivity contribution in [2.75, 3.05) is 26.3 Å². The quantitative estimate of drug-likeness (QED) is 0.544. The van der Waals surface area contributed by atoms with Crippen LogP contribution in [0.5, 0.6) is 0 Å². The lowest BCUT2D eigenvalue weighted by molar-refractivity contribution is 0.0140. The van der Waals surface area contributed by atoms with E-state index in [1.165, 1.54) is 0 Å². The average molecular weight is 302 g/mol. The van der Waals surface area contributed by atoms with Gasteiger partial charge in [-0.3, -0.25) is 0 Å². The molecule has 0 saturated carbocycles. The Kier molecular flexibility index (Phi) is 7.73. The van der Waals surface area contributed by atoms with E-state index < -0.39 is 8.32 Å². The highest BCUT2D eigenvalue weighted by molar-refractivity contribution is 6.77. The fraction of sp³-hybridized carbons (Fsp3) is 1.00. The number of ether oxygens (including phenoxy) is 1. The molecule has 1 fully saturated rings. The van der Waals surface area contributed by atoms with Gasteiger partial charge in [0.05, 0.1) is 19.3 Å². The SMILES string of the molecule is CC(C)[Si](OCCOC1CCNCC1)(C(C)C)C(C)C. The van der Waals surface area contributed by atoms with E-state index in [1.54, 1.807) is 0 Å². The first kappa shape index (κ1) is 18.1. The second-order valence-corrected chi connectivity index (χ2v) is 12.4. The molecular formula is C16H35NO2Si. The van der Waals surface area contributed by atoms with Crippen LogP contribution in [0.3, 0.4) is 0 Å². The summed E-state index contributed by atoms with van der Waals surface area (Å²) in [6.45, 7) is 17.7. The van der Waals surface area contributed by atoms with Gasteiger partial charge in [0.15, 0.2) is 8.32 Å². The third-order valence-corrected chi connectivity index (χ3v) is 10.9. The largest absolute Gasteiger partial charge is 0.414 e. The summed E-state index contributed by atoms with van der Waals surface area (Å²) in [6, 6.07) is 0. The van der Waals surface area contributed by atoms with Crippen LogP contribution in [-0.4, -0.2) is 40.7 Å². The van der Waals surface area contributed by atoms with E-state index in [4.69, 9.17) is 9.16 Å². The number of rotatable bonds is 8. The van der Waals surface area contributed by atoms with Crippen molar-refractivity contribution in [2.24, 2.45) is 0 Å². The molecule has 20 heavy (non-hydrogen) atoms. The van der Waals surface area contributed by atoms with Crippen molar-refractivity contribution in [2.45, 2.75) is 77.1 Å². The molecule has 0 amide bonds. The number of nitrogens with one attached hydrogen (secondary N) is 1. The zero-order valence-corrected chi connectivity index (χ0v) is 15.4. The Bertz CT molecular complexity index is 241. The van der Waals surface area contributed by atoms with E-state index in [0.29, 0.717) is 22.7 Å². The molecule has 0 aromatic rings. The predicted molar refractivity (Wildman–Crippen MR) is 88.8 cm³/mol. The summed E-state index contributed by atoms with van der Waals surface area (Å²) >= 11 is 0. The molecule has 3 nitrogen and oxygen atoms in total. The van der Waals surface area contributed by atoms with Gasteiger partial charge in [-0.15, -0.1) is 0 Å². The topological polar surface area (TPSA) is 30.5 Å². The minimum atomic E-state index is -1.71. The predicted octanol–water partition coefficient (Wildman–Crippen LogP) is 3.95.